The van der Waals surface area contributed by atoms with Crippen LogP contribution in [0.5, 0.6) is 0 Å². The van der Waals surface area contributed by atoms with Crippen LogP contribution < -0.4 is 10.6 Å². The van der Waals surface area contributed by atoms with Crippen molar-refractivity contribution < 1.29 is 13.2 Å². The van der Waals surface area contributed by atoms with E-state index in [0.717, 1.165) is 32.2 Å². The van der Waals surface area contributed by atoms with Gasteiger partial charge in [-0.1, -0.05) is 18.9 Å². The van der Waals surface area contributed by atoms with Crippen molar-refractivity contribution in [3.63, 3.8) is 0 Å². The highest BCUT2D eigenvalue weighted by Crippen LogP contribution is 2.36. The van der Waals surface area contributed by atoms with Crippen molar-refractivity contribution in [2.45, 2.75) is 51.2 Å². The highest BCUT2D eigenvalue weighted by atomic mass is 19.4. The molecule has 1 heterocycles. The first-order valence-electron chi connectivity index (χ1n) is 7.60. The molecule has 0 amide bonds. The number of nitrogens with zero attached hydrogens (tertiary/aromatic N) is 1. The lowest BCUT2D eigenvalue weighted by atomic mass is 10.0. The number of alkyl halides is 3. The maximum Gasteiger partial charge on any atom is 0.416 e. The summed E-state index contributed by atoms with van der Waals surface area (Å²) in [6.07, 6.45) is 0.301. The van der Waals surface area contributed by atoms with Crippen LogP contribution in [-0.2, 0) is 12.6 Å². The standard InChI is InChI=1S/C16H23F3N2/c1-12-5-3-2-4-10-21(12)14-7-6-13(8-9-20)15(11-14)16(17,18)19/h6-7,11-12H,2-5,8-10,20H2,1H3. The first kappa shape index (κ1) is 16.1. The summed E-state index contributed by atoms with van der Waals surface area (Å²) >= 11 is 0. The molecule has 0 saturated carbocycles. The van der Waals surface area contributed by atoms with Gasteiger partial charge in [0.25, 0.3) is 0 Å². The van der Waals surface area contributed by atoms with E-state index < -0.39 is 11.7 Å². The van der Waals surface area contributed by atoms with E-state index in [1.807, 2.05) is 6.07 Å². The molecule has 2 nitrogen and oxygen atoms in total. The van der Waals surface area contributed by atoms with Crippen LogP contribution in [0.25, 0.3) is 0 Å². The summed E-state index contributed by atoms with van der Waals surface area (Å²) in [5, 5.41) is 0. The maximum absolute atomic E-state index is 13.2. The highest BCUT2D eigenvalue weighted by Gasteiger charge is 2.34. The van der Waals surface area contributed by atoms with Crippen LogP contribution in [0.1, 0.15) is 43.7 Å². The molecule has 1 fully saturated rings. The SMILES string of the molecule is CC1CCCCCN1c1ccc(CCN)c(C(F)(F)F)c1. The zero-order valence-corrected chi connectivity index (χ0v) is 12.4. The number of nitrogens with two attached hydrogens (primary N) is 1. The fourth-order valence-electron chi connectivity index (χ4n) is 3.04. The minimum atomic E-state index is -4.32. The Balaban J connectivity index is 2.36. The Morgan fingerprint density at radius 3 is 2.67 bits per heavy atom. The van der Waals surface area contributed by atoms with Gasteiger partial charge in [-0.25, -0.2) is 0 Å². The molecule has 0 radical (unpaired) electrons. The molecule has 1 unspecified atom stereocenters. The van der Waals surface area contributed by atoms with Crippen molar-refractivity contribution in [2.24, 2.45) is 5.73 Å². The molecule has 118 valence electrons. The van der Waals surface area contributed by atoms with Gasteiger partial charge in [0, 0.05) is 18.3 Å². The van der Waals surface area contributed by atoms with Crippen molar-refractivity contribution in [1.29, 1.82) is 0 Å². The summed E-state index contributed by atoms with van der Waals surface area (Å²) in [5.41, 5.74) is 5.85. The molecule has 1 atom stereocenters. The van der Waals surface area contributed by atoms with E-state index in [1.165, 1.54) is 6.07 Å². The molecule has 1 aromatic rings. The predicted molar refractivity (Wildman–Crippen MR) is 79.5 cm³/mol. The van der Waals surface area contributed by atoms with Gasteiger partial charge in [-0.15, -0.1) is 0 Å². The lowest BCUT2D eigenvalue weighted by molar-refractivity contribution is -0.138. The molecular formula is C16H23F3N2. The quantitative estimate of drug-likeness (QED) is 0.915. The number of hydrogen-bond acceptors (Lipinski definition) is 2. The van der Waals surface area contributed by atoms with Crippen LogP contribution in [-0.4, -0.2) is 19.1 Å². The fraction of sp³-hybridized carbons (Fsp3) is 0.625. The van der Waals surface area contributed by atoms with E-state index in [-0.39, 0.29) is 24.6 Å². The summed E-state index contributed by atoms with van der Waals surface area (Å²) in [5.74, 6) is 0. The lowest BCUT2D eigenvalue weighted by Crippen LogP contribution is -2.32. The second-order valence-corrected chi connectivity index (χ2v) is 5.77. The third kappa shape index (κ3) is 3.90. The number of anilines is 1. The Kier molecular flexibility index (Phi) is 5.14. The topological polar surface area (TPSA) is 29.3 Å². The normalized spacial score (nSPS) is 20.4. The summed E-state index contributed by atoms with van der Waals surface area (Å²) in [6, 6.07) is 4.98. The first-order chi connectivity index (χ1) is 9.93. The molecule has 0 spiro atoms. The molecule has 21 heavy (non-hydrogen) atoms. The highest BCUT2D eigenvalue weighted by molar-refractivity contribution is 5.53. The fourth-order valence-corrected chi connectivity index (χ4v) is 3.04. The van der Waals surface area contributed by atoms with E-state index in [9.17, 15) is 13.2 Å². The molecule has 2 N–H and O–H groups in total. The average molecular weight is 300 g/mol. The van der Waals surface area contributed by atoms with E-state index in [1.54, 1.807) is 6.07 Å². The van der Waals surface area contributed by atoms with Gasteiger partial charge in [-0.05, 0) is 50.4 Å². The van der Waals surface area contributed by atoms with Crippen molar-refractivity contribution in [3.05, 3.63) is 29.3 Å². The van der Waals surface area contributed by atoms with Crippen molar-refractivity contribution in [2.75, 3.05) is 18.0 Å². The molecule has 1 saturated heterocycles. The van der Waals surface area contributed by atoms with Crippen molar-refractivity contribution >= 4 is 5.69 Å². The second-order valence-electron chi connectivity index (χ2n) is 5.77. The zero-order valence-electron chi connectivity index (χ0n) is 12.4. The van der Waals surface area contributed by atoms with Gasteiger partial charge in [-0.3, -0.25) is 0 Å². The van der Waals surface area contributed by atoms with E-state index in [4.69, 9.17) is 5.73 Å². The van der Waals surface area contributed by atoms with Crippen LogP contribution in [0.4, 0.5) is 18.9 Å². The van der Waals surface area contributed by atoms with Gasteiger partial charge >= 0.3 is 6.18 Å². The van der Waals surface area contributed by atoms with Gasteiger partial charge in [0.1, 0.15) is 0 Å². The molecule has 5 heteroatoms. The smallest absolute Gasteiger partial charge is 0.369 e. The number of hydrogen-bond donors (Lipinski definition) is 1. The summed E-state index contributed by atoms with van der Waals surface area (Å²) in [6.45, 7) is 3.14. The number of halogens is 3. The molecule has 1 aliphatic rings. The monoisotopic (exact) mass is 300 g/mol. The van der Waals surface area contributed by atoms with E-state index in [2.05, 4.69) is 11.8 Å². The Morgan fingerprint density at radius 2 is 2.00 bits per heavy atom. The molecule has 2 rings (SSSR count). The first-order valence-corrected chi connectivity index (χ1v) is 7.60. The van der Waals surface area contributed by atoms with Crippen LogP contribution in [0.2, 0.25) is 0 Å². The molecule has 1 aliphatic heterocycles. The Morgan fingerprint density at radius 1 is 1.24 bits per heavy atom. The van der Waals surface area contributed by atoms with Gasteiger partial charge in [0.15, 0.2) is 0 Å². The second kappa shape index (κ2) is 6.69. The third-order valence-electron chi connectivity index (χ3n) is 4.20. The number of rotatable bonds is 3. The zero-order chi connectivity index (χ0) is 15.5. The van der Waals surface area contributed by atoms with Crippen LogP contribution >= 0.6 is 0 Å². The third-order valence-corrected chi connectivity index (χ3v) is 4.20. The lowest BCUT2D eigenvalue weighted by Gasteiger charge is -2.30. The van der Waals surface area contributed by atoms with Gasteiger partial charge < -0.3 is 10.6 Å². The molecular weight excluding hydrogens is 277 g/mol. The van der Waals surface area contributed by atoms with Gasteiger partial charge in [-0.2, -0.15) is 13.2 Å². The van der Waals surface area contributed by atoms with E-state index in [0.29, 0.717) is 5.69 Å². The minimum Gasteiger partial charge on any atom is -0.369 e. The molecule has 0 aromatic heterocycles. The average Bonchev–Trinajstić information content (AvgIpc) is 2.63. The molecule has 0 aliphatic carbocycles. The van der Waals surface area contributed by atoms with Gasteiger partial charge in [0.05, 0.1) is 5.56 Å². The number of benzene rings is 1. The minimum absolute atomic E-state index is 0.225. The van der Waals surface area contributed by atoms with Crippen molar-refractivity contribution in [1.82, 2.24) is 0 Å². The Hall–Kier alpha value is -1.23. The van der Waals surface area contributed by atoms with Gasteiger partial charge in [0.2, 0.25) is 0 Å². The summed E-state index contributed by atoms with van der Waals surface area (Å²) in [4.78, 5) is 2.11. The molecule has 1 aromatic carbocycles. The summed E-state index contributed by atoms with van der Waals surface area (Å²) in [7, 11) is 0. The Labute approximate surface area is 124 Å². The maximum atomic E-state index is 13.2. The van der Waals surface area contributed by atoms with Crippen LogP contribution in [0.15, 0.2) is 18.2 Å². The predicted octanol–water partition coefficient (Wildman–Crippen LogP) is 3.98. The van der Waals surface area contributed by atoms with E-state index >= 15 is 0 Å². The largest absolute Gasteiger partial charge is 0.416 e. The van der Waals surface area contributed by atoms with Crippen LogP contribution in [0.3, 0.4) is 0 Å². The Bertz CT molecular complexity index is 471. The van der Waals surface area contributed by atoms with Crippen LogP contribution in [0, 0.1) is 0 Å². The molecule has 0 bridgehead atoms. The van der Waals surface area contributed by atoms with Crippen molar-refractivity contribution in [3.8, 4) is 0 Å². The summed E-state index contributed by atoms with van der Waals surface area (Å²) < 4.78 is 39.7.